The molecular weight excluding hydrogens is 512 g/mol. The molecule has 0 amide bonds. The smallest absolute Gasteiger partial charge is 0.317 e. The molecule has 1 fully saturated rings. The Balaban J connectivity index is 1.51. The molecule has 0 saturated carbocycles. The number of aryl methyl sites for hydroxylation is 1. The van der Waals surface area contributed by atoms with Crippen molar-refractivity contribution in [3.05, 3.63) is 58.7 Å². The molecule has 0 bridgehead atoms. The number of hydrogen-bond acceptors (Lipinski definition) is 8. The molecule has 1 aromatic carbocycles. The molecular formula is C26H25F2N7O2S. The van der Waals surface area contributed by atoms with Crippen molar-refractivity contribution in [1.82, 2.24) is 19.5 Å². The lowest BCUT2D eigenvalue weighted by atomic mass is 10.1. The summed E-state index contributed by atoms with van der Waals surface area (Å²) in [4.78, 5) is 21.2. The minimum atomic E-state index is -2.51. The van der Waals surface area contributed by atoms with E-state index >= 15 is 4.39 Å². The summed E-state index contributed by atoms with van der Waals surface area (Å²) in [5.41, 5.74) is 3.33. The van der Waals surface area contributed by atoms with Gasteiger partial charge in [-0.3, -0.25) is 9.69 Å². The van der Waals surface area contributed by atoms with Crippen LogP contribution in [0.1, 0.15) is 20.2 Å². The predicted octanol–water partition coefficient (Wildman–Crippen LogP) is 4.14. The summed E-state index contributed by atoms with van der Waals surface area (Å²) >= 11 is 1.18. The minimum Gasteiger partial charge on any atom is -0.480 e. The van der Waals surface area contributed by atoms with Gasteiger partial charge in [0.2, 0.25) is 0 Å². The largest absolute Gasteiger partial charge is 0.480 e. The van der Waals surface area contributed by atoms with E-state index in [9.17, 15) is 19.6 Å². The zero-order valence-corrected chi connectivity index (χ0v) is 21.5. The molecule has 5 rings (SSSR count). The van der Waals surface area contributed by atoms with Crippen molar-refractivity contribution in [3.63, 3.8) is 0 Å². The number of piperazine rings is 1. The first-order valence-corrected chi connectivity index (χ1v) is 12.7. The number of anilines is 3. The van der Waals surface area contributed by atoms with Crippen LogP contribution in [0.15, 0.2) is 36.5 Å². The Hall–Kier alpha value is -4.08. The summed E-state index contributed by atoms with van der Waals surface area (Å²) in [5, 5.41) is 24.0. The van der Waals surface area contributed by atoms with Crippen molar-refractivity contribution in [2.24, 2.45) is 0 Å². The second-order valence-corrected chi connectivity index (χ2v) is 9.71. The van der Waals surface area contributed by atoms with E-state index in [4.69, 9.17) is 2.74 Å². The zero-order valence-electron chi connectivity index (χ0n) is 22.6. The van der Waals surface area contributed by atoms with Gasteiger partial charge in [-0.1, -0.05) is 18.3 Å². The third-order valence-electron chi connectivity index (χ3n) is 6.41. The number of nitrogens with zero attached hydrogens (tertiary/aromatic N) is 7. The van der Waals surface area contributed by atoms with Crippen LogP contribution in [0.2, 0.25) is 0 Å². The molecule has 4 heterocycles. The molecule has 1 aliphatic rings. The maximum atomic E-state index is 15.3. The lowest BCUT2D eigenvalue weighted by molar-refractivity contribution is -0.138. The fraction of sp³-hybridized carbons (Fsp3) is 0.308. The summed E-state index contributed by atoms with van der Waals surface area (Å²) in [6.45, 7) is 0.113. The molecule has 12 heteroatoms. The van der Waals surface area contributed by atoms with E-state index in [1.807, 2.05) is 6.92 Å². The first-order chi connectivity index (χ1) is 19.0. The van der Waals surface area contributed by atoms with Crippen LogP contribution >= 0.6 is 11.3 Å². The van der Waals surface area contributed by atoms with Gasteiger partial charge >= 0.3 is 5.97 Å². The maximum Gasteiger partial charge on any atom is 0.317 e. The summed E-state index contributed by atoms with van der Waals surface area (Å²) in [5.74, 6) is -2.46. The van der Waals surface area contributed by atoms with Gasteiger partial charge < -0.3 is 14.9 Å². The molecule has 0 spiro atoms. The van der Waals surface area contributed by atoms with Crippen molar-refractivity contribution < 1.29 is 21.4 Å². The van der Waals surface area contributed by atoms with Gasteiger partial charge in [-0.2, -0.15) is 10.4 Å². The van der Waals surface area contributed by atoms with Crippen molar-refractivity contribution >= 4 is 39.3 Å². The molecule has 38 heavy (non-hydrogen) atoms. The Labute approximate surface area is 224 Å². The number of carboxylic acid groups (broad SMARTS) is 1. The summed E-state index contributed by atoms with van der Waals surface area (Å²) in [6.07, 6.45) is 1.83. The summed E-state index contributed by atoms with van der Waals surface area (Å²) in [7, 11) is 1.79. The van der Waals surface area contributed by atoms with Crippen molar-refractivity contribution in [2.45, 2.75) is 13.3 Å². The van der Waals surface area contributed by atoms with Crippen LogP contribution in [-0.4, -0.2) is 70.3 Å². The summed E-state index contributed by atoms with van der Waals surface area (Å²) in [6, 6.07) is 9.60. The van der Waals surface area contributed by atoms with Crippen LogP contribution in [0.3, 0.4) is 0 Å². The van der Waals surface area contributed by atoms with Gasteiger partial charge in [0, 0.05) is 38.8 Å². The lowest BCUT2D eigenvalue weighted by Crippen LogP contribution is -2.48. The van der Waals surface area contributed by atoms with Crippen molar-refractivity contribution in [2.75, 3.05) is 49.5 Å². The minimum absolute atomic E-state index is 0.109. The van der Waals surface area contributed by atoms with Crippen LogP contribution in [0.5, 0.6) is 0 Å². The van der Waals surface area contributed by atoms with Gasteiger partial charge in [-0.25, -0.2) is 18.3 Å². The number of hydrogen-bond donors (Lipinski definition) is 1. The fourth-order valence-electron chi connectivity index (χ4n) is 4.56. The number of fused-ring (bicyclic) bond motifs is 1. The van der Waals surface area contributed by atoms with E-state index in [0.717, 1.165) is 0 Å². The summed E-state index contributed by atoms with van der Waals surface area (Å²) < 4.78 is 45.8. The van der Waals surface area contributed by atoms with Crippen LogP contribution in [0.4, 0.5) is 25.3 Å². The molecule has 3 aromatic heterocycles. The third kappa shape index (κ3) is 4.78. The van der Waals surface area contributed by atoms with E-state index in [1.54, 1.807) is 35.0 Å². The average Bonchev–Trinajstić information content (AvgIpc) is 3.54. The average molecular weight is 540 g/mol. The zero-order chi connectivity index (χ0) is 28.8. The second-order valence-electron chi connectivity index (χ2n) is 8.73. The lowest BCUT2D eigenvalue weighted by Gasteiger charge is -2.35. The monoisotopic (exact) mass is 539 g/mol. The molecule has 9 nitrogen and oxygen atoms in total. The number of rotatable bonds is 7. The molecule has 1 saturated heterocycles. The van der Waals surface area contributed by atoms with Crippen LogP contribution in [0, 0.1) is 23.0 Å². The van der Waals surface area contributed by atoms with E-state index in [2.05, 4.69) is 16.2 Å². The predicted molar refractivity (Wildman–Crippen MR) is 141 cm³/mol. The number of aromatic nitrogens is 3. The maximum absolute atomic E-state index is 15.3. The molecule has 0 aliphatic carbocycles. The molecule has 0 unspecified atom stereocenters. The first kappa shape index (κ1) is 23.1. The quantitative estimate of drug-likeness (QED) is 0.374. The molecule has 1 N–H and O–H groups in total. The normalized spacial score (nSPS) is 15.3. The topological polar surface area (TPSA) is 101 Å². The number of nitriles is 1. The van der Waals surface area contributed by atoms with E-state index in [-0.39, 0.29) is 32.0 Å². The van der Waals surface area contributed by atoms with E-state index in [0.29, 0.717) is 50.3 Å². The SMILES string of the molecule is [2H]C([2H])(C(=O)O)N1CCN(c2cc3c(N(C)c4nc(-c5ccc(F)cc5)c(C#N)s4)c(CC)nn3cc2F)CC1. The number of carboxylic acids is 1. The standard InChI is InChI=1S/C26H25F2N7O2S/c1-3-19-25(32(2)26-30-24(22(13-29)38-26)16-4-6-17(27)7-5-16)21-12-20(18(28)14-35(21)31-19)34-10-8-33(9-11-34)15-23(36)37/h4-7,12,14H,3,8-11,15H2,1-2H3,(H,36,37)/i15D2. The highest BCUT2D eigenvalue weighted by atomic mass is 32.1. The van der Waals surface area contributed by atoms with Crippen LogP contribution < -0.4 is 9.80 Å². The van der Waals surface area contributed by atoms with Gasteiger partial charge in [0.25, 0.3) is 0 Å². The molecule has 0 radical (unpaired) electrons. The number of aliphatic carboxylic acids is 1. The number of benzene rings is 1. The van der Waals surface area contributed by atoms with Gasteiger partial charge in [-0.15, -0.1) is 0 Å². The Kier molecular flexibility index (Phi) is 6.28. The highest BCUT2D eigenvalue weighted by molar-refractivity contribution is 7.16. The number of halogens is 2. The van der Waals surface area contributed by atoms with Crippen molar-refractivity contribution in [3.8, 4) is 17.3 Å². The number of thiazole rings is 1. The molecule has 1 aliphatic heterocycles. The Morgan fingerprint density at radius 2 is 1.97 bits per heavy atom. The van der Waals surface area contributed by atoms with Crippen LogP contribution in [-0.2, 0) is 11.2 Å². The third-order valence-corrected chi connectivity index (χ3v) is 7.45. The first-order valence-electron chi connectivity index (χ1n) is 12.9. The van der Waals surface area contributed by atoms with Crippen molar-refractivity contribution in [1.29, 1.82) is 5.26 Å². The van der Waals surface area contributed by atoms with E-state index < -0.39 is 18.3 Å². The second kappa shape index (κ2) is 10.4. The van der Waals surface area contributed by atoms with Gasteiger partial charge in [0.05, 0.1) is 38.0 Å². The Morgan fingerprint density at radius 3 is 2.61 bits per heavy atom. The van der Waals surface area contributed by atoms with Gasteiger partial charge in [-0.05, 0) is 36.8 Å². The highest BCUT2D eigenvalue weighted by Crippen LogP contribution is 2.39. The number of carbonyl (C=O) groups is 1. The van der Waals surface area contributed by atoms with E-state index in [1.165, 1.54) is 39.1 Å². The molecule has 0 atom stereocenters. The fourth-order valence-corrected chi connectivity index (χ4v) is 5.41. The Bertz CT molecular complexity index is 1630. The Morgan fingerprint density at radius 1 is 1.26 bits per heavy atom. The molecule has 196 valence electrons. The molecule has 4 aromatic rings. The number of pyridine rings is 1. The van der Waals surface area contributed by atoms with Crippen LogP contribution in [0.25, 0.3) is 16.8 Å². The van der Waals surface area contributed by atoms with Gasteiger partial charge in [0.1, 0.15) is 22.5 Å². The highest BCUT2D eigenvalue weighted by Gasteiger charge is 2.26. The van der Waals surface area contributed by atoms with Gasteiger partial charge in [0.15, 0.2) is 10.9 Å².